The molecule has 0 spiro atoms. The van der Waals surface area contributed by atoms with Gasteiger partial charge in [-0.05, 0) is 30.4 Å². The van der Waals surface area contributed by atoms with E-state index in [0.717, 1.165) is 42.2 Å². The van der Waals surface area contributed by atoms with E-state index in [1.807, 2.05) is 0 Å². The molecule has 2 aliphatic carbocycles. The van der Waals surface area contributed by atoms with Crippen LogP contribution in [0.25, 0.3) is 0 Å². The Labute approximate surface area is 126 Å². The van der Waals surface area contributed by atoms with Gasteiger partial charge >= 0.3 is 0 Å². The van der Waals surface area contributed by atoms with Gasteiger partial charge < -0.3 is 0 Å². The number of rotatable bonds is 4. The molecule has 0 N–H and O–H groups in total. The van der Waals surface area contributed by atoms with Gasteiger partial charge in [0.05, 0.1) is 0 Å². The number of allylic oxidation sites excluding steroid dienone is 8. The second kappa shape index (κ2) is 6.99. The molecule has 0 saturated heterocycles. The zero-order chi connectivity index (χ0) is 10.7. The Hall–Kier alpha value is 0.423. The SMILES string of the molecule is ClC1=C(CCCC2=C(Cl)CC=C2)C=CC1.[Zr]. The van der Waals surface area contributed by atoms with Crippen molar-refractivity contribution in [3.8, 4) is 0 Å². The standard InChI is InChI=1S/C13H14Cl2.Zr/c14-12-8-2-6-10(12)4-1-5-11-7-3-9-13(11)15;/h2-3,6-7H,1,4-5,8-9H2;. The minimum atomic E-state index is 0. The fourth-order valence-corrected chi connectivity index (χ4v) is 2.45. The maximum absolute atomic E-state index is 6.07. The normalized spacial score (nSPS) is 18.6. The quantitative estimate of drug-likeness (QED) is 0.675. The molecule has 84 valence electrons. The molecule has 16 heavy (non-hydrogen) atoms. The Morgan fingerprint density at radius 3 is 1.62 bits per heavy atom. The first-order chi connectivity index (χ1) is 7.27. The zero-order valence-corrected chi connectivity index (χ0v) is 13.1. The van der Waals surface area contributed by atoms with Crippen LogP contribution in [-0.2, 0) is 26.2 Å². The van der Waals surface area contributed by atoms with Crippen molar-refractivity contribution < 1.29 is 26.2 Å². The van der Waals surface area contributed by atoms with Gasteiger partial charge in [0, 0.05) is 49.1 Å². The van der Waals surface area contributed by atoms with E-state index < -0.39 is 0 Å². The Morgan fingerprint density at radius 1 is 0.875 bits per heavy atom. The van der Waals surface area contributed by atoms with Crippen LogP contribution in [-0.4, -0.2) is 0 Å². The van der Waals surface area contributed by atoms with Crippen molar-refractivity contribution >= 4 is 23.2 Å². The molecule has 0 aliphatic heterocycles. The van der Waals surface area contributed by atoms with E-state index in [2.05, 4.69) is 24.3 Å². The van der Waals surface area contributed by atoms with Gasteiger partial charge in [-0.1, -0.05) is 47.5 Å². The van der Waals surface area contributed by atoms with Crippen LogP contribution in [0.1, 0.15) is 32.1 Å². The van der Waals surface area contributed by atoms with E-state index in [9.17, 15) is 0 Å². The second-order valence-electron chi connectivity index (χ2n) is 3.93. The predicted molar refractivity (Wildman–Crippen MR) is 67.1 cm³/mol. The first-order valence-corrected chi connectivity index (χ1v) is 6.11. The first-order valence-electron chi connectivity index (χ1n) is 5.35. The summed E-state index contributed by atoms with van der Waals surface area (Å²) in [5.41, 5.74) is 2.60. The van der Waals surface area contributed by atoms with E-state index >= 15 is 0 Å². The largest absolute Gasteiger partial charge is 0.0885 e. The molecule has 0 aromatic rings. The zero-order valence-electron chi connectivity index (χ0n) is 9.10. The summed E-state index contributed by atoms with van der Waals surface area (Å²) in [5.74, 6) is 0. The summed E-state index contributed by atoms with van der Waals surface area (Å²) < 4.78 is 0. The van der Waals surface area contributed by atoms with Crippen LogP contribution < -0.4 is 0 Å². The summed E-state index contributed by atoms with van der Waals surface area (Å²) in [6.07, 6.45) is 13.6. The predicted octanol–water partition coefficient (Wildman–Crippen LogP) is 5.06. The number of hydrogen-bond acceptors (Lipinski definition) is 0. The molecule has 3 heteroatoms. The van der Waals surface area contributed by atoms with Crippen molar-refractivity contribution in [3.05, 3.63) is 45.5 Å². The Kier molecular flexibility index (Phi) is 6.33. The minimum Gasteiger partial charge on any atom is -0.0885 e. The van der Waals surface area contributed by atoms with E-state index in [1.165, 1.54) is 11.1 Å². The molecule has 0 atom stereocenters. The summed E-state index contributed by atoms with van der Waals surface area (Å²) in [4.78, 5) is 0. The molecule has 2 aliphatic rings. The van der Waals surface area contributed by atoms with Crippen LogP contribution in [0.3, 0.4) is 0 Å². The van der Waals surface area contributed by atoms with Crippen LogP contribution in [0.5, 0.6) is 0 Å². The van der Waals surface area contributed by atoms with Gasteiger partial charge in [0.25, 0.3) is 0 Å². The third-order valence-electron chi connectivity index (χ3n) is 2.82. The van der Waals surface area contributed by atoms with E-state index in [1.54, 1.807) is 0 Å². The van der Waals surface area contributed by atoms with Crippen molar-refractivity contribution in [1.82, 2.24) is 0 Å². The van der Waals surface area contributed by atoms with Crippen molar-refractivity contribution in [2.45, 2.75) is 32.1 Å². The third kappa shape index (κ3) is 3.72. The fraction of sp³-hybridized carbons (Fsp3) is 0.385. The molecule has 0 unspecified atom stereocenters. The molecule has 0 fully saturated rings. The van der Waals surface area contributed by atoms with E-state index in [4.69, 9.17) is 23.2 Å². The topological polar surface area (TPSA) is 0 Å². The summed E-state index contributed by atoms with van der Waals surface area (Å²) in [7, 11) is 0. The van der Waals surface area contributed by atoms with Crippen molar-refractivity contribution in [1.29, 1.82) is 0 Å². The van der Waals surface area contributed by atoms with Crippen LogP contribution >= 0.6 is 23.2 Å². The molecule has 0 nitrogen and oxygen atoms in total. The van der Waals surface area contributed by atoms with Crippen LogP contribution in [0.2, 0.25) is 0 Å². The molecule has 0 radical (unpaired) electrons. The van der Waals surface area contributed by atoms with Gasteiger partial charge in [0.15, 0.2) is 0 Å². The molecule has 0 aromatic carbocycles. The Bertz CT molecular complexity index is 339. The number of hydrogen-bond donors (Lipinski definition) is 0. The second-order valence-corrected chi connectivity index (χ2v) is 4.84. The fourth-order valence-electron chi connectivity index (χ4n) is 1.96. The molecule has 0 aromatic heterocycles. The first kappa shape index (κ1) is 14.5. The summed E-state index contributed by atoms with van der Waals surface area (Å²) in [6, 6.07) is 0. The summed E-state index contributed by atoms with van der Waals surface area (Å²) >= 11 is 12.1. The molecule has 0 amide bonds. The Balaban J connectivity index is 0.00000128. The van der Waals surface area contributed by atoms with Crippen LogP contribution in [0.15, 0.2) is 45.5 Å². The summed E-state index contributed by atoms with van der Waals surface area (Å²) in [6.45, 7) is 0. The molecule has 0 saturated carbocycles. The molecular weight excluding hydrogens is 318 g/mol. The van der Waals surface area contributed by atoms with Crippen molar-refractivity contribution in [2.75, 3.05) is 0 Å². The summed E-state index contributed by atoms with van der Waals surface area (Å²) in [5, 5.41) is 2.02. The average Bonchev–Trinajstić information content (AvgIpc) is 2.78. The van der Waals surface area contributed by atoms with E-state index in [0.29, 0.717) is 0 Å². The van der Waals surface area contributed by atoms with Crippen LogP contribution in [0, 0.1) is 0 Å². The van der Waals surface area contributed by atoms with Gasteiger partial charge in [-0.2, -0.15) is 0 Å². The van der Waals surface area contributed by atoms with E-state index in [-0.39, 0.29) is 26.2 Å². The third-order valence-corrected chi connectivity index (χ3v) is 3.62. The van der Waals surface area contributed by atoms with Gasteiger partial charge in [-0.15, -0.1) is 0 Å². The molecule has 0 heterocycles. The van der Waals surface area contributed by atoms with Crippen LogP contribution in [0.4, 0.5) is 0 Å². The van der Waals surface area contributed by atoms with Crippen molar-refractivity contribution in [3.63, 3.8) is 0 Å². The van der Waals surface area contributed by atoms with Gasteiger partial charge in [0.1, 0.15) is 0 Å². The van der Waals surface area contributed by atoms with Gasteiger partial charge in [-0.3, -0.25) is 0 Å². The molecular formula is C13H14Cl2Zr. The maximum atomic E-state index is 6.07. The number of halogens is 2. The Morgan fingerprint density at radius 2 is 1.31 bits per heavy atom. The minimum absolute atomic E-state index is 0. The van der Waals surface area contributed by atoms with Gasteiger partial charge in [0.2, 0.25) is 0 Å². The average molecular weight is 332 g/mol. The smallest absolute Gasteiger partial charge is 0.0250 e. The molecule has 0 bridgehead atoms. The van der Waals surface area contributed by atoms with Gasteiger partial charge in [-0.25, -0.2) is 0 Å². The molecule has 2 rings (SSSR count). The monoisotopic (exact) mass is 330 g/mol. The maximum Gasteiger partial charge on any atom is 0.0250 e. The van der Waals surface area contributed by atoms with Crippen molar-refractivity contribution in [2.24, 2.45) is 0 Å².